The fourth-order valence-electron chi connectivity index (χ4n) is 2.59. The number of hydrogen-bond donors (Lipinski definition) is 1. The highest BCUT2D eigenvalue weighted by atomic mass is 16.5. The maximum atomic E-state index is 12.7. The molecule has 0 aromatic heterocycles. The lowest BCUT2D eigenvalue weighted by Crippen LogP contribution is -2.37. The van der Waals surface area contributed by atoms with E-state index in [1.54, 1.807) is 36.1 Å². The molecule has 1 fully saturated rings. The number of likely N-dealkylation sites (N-methyl/N-ethyl adjacent to an activating group) is 1. The lowest BCUT2D eigenvalue weighted by atomic mass is 10.1. The van der Waals surface area contributed by atoms with Crippen molar-refractivity contribution in [1.29, 1.82) is 0 Å². The molecule has 2 amide bonds. The van der Waals surface area contributed by atoms with Crippen LogP contribution in [0.5, 0.6) is 0 Å². The van der Waals surface area contributed by atoms with Gasteiger partial charge in [0.15, 0.2) is 0 Å². The minimum atomic E-state index is -0.524. The molecule has 1 aromatic carbocycles. The Morgan fingerprint density at radius 2 is 2.22 bits per heavy atom. The number of hydrogen-bond acceptors (Lipinski definition) is 4. The molecule has 0 aliphatic carbocycles. The first kappa shape index (κ1) is 17.3. The highest BCUT2D eigenvalue weighted by molar-refractivity contribution is 5.96. The number of benzene rings is 1. The molecule has 1 N–H and O–H groups in total. The van der Waals surface area contributed by atoms with Gasteiger partial charge in [0.1, 0.15) is 0 Å². The summed E-state index contributed by atoms with van der Waals surface area (Å²) in [6, 6.07) is 6.88. The topological polar surface area (TPSA) is 67.9 Å². The van der Waals surface area contributed by atoms with Gasteiger partial charge in [-0.25, -0.2) is 4.79 Å². The predicted molar refractivity (Wildman–Crippen MR) is 87.6 cm³/mol. The minimum Gasteiger partial charge on any atom is -0.450 e. The fraction of sp³-hybridized carbons (Fsp3) is 0.529. The molecule has 23 heavy (non-hydrogen) atoms. The molecule has 0 saturated carbocycles. The van der Waals surface area contributed by atoms with Crippen molar-refractivity contribution >= 4 is 17.7 Å². The molecule has 126 valence electrons. The Morgan fingerprint density at radius 1 is 1.39 bits per heavy atom. The SMILES string of the molecule is CCOC(=O)Nc1cccc(C(=O)N(CC)C[C@H]2CCCO2)c1. The zero-order chi connectivity index (χ0) is 16.7. The molecule has 0 radical (unpaired) electrons. The van der Waals surface area contributed by atoms with Gasteiger partial charge in [-0.1, -0.05) is 6.07 Å². The summed E-state index contributed by atoms with van der Waals surface area (Å²) in [6.45, 7) is 5.99. The molecule has 1 heterocycles. The number of amides is 2. The second-order valence-corrected chi connectivity index (χ2v) is 5.41. The predicted octanol–water partition coefficient (Wildman–Crippen LogP) is 2.90. The van der Waals surface area contributed by atoms with E-state index in [2.05, 4.69) is 5.32 Å². The van der Waals surface area contributed by atoms with E-state index in [4.69, 9.17) is 9.47 Å². The second-order valence-electron chi connectivity index (χ2n) is 5.41. The van der Waals surface area contributed by atoms with Gasteiger partial charge in [0.25, 0.3) is 5.91 Å². The minimum absolute atomic E-state index is 0.0597. The number of ether oxygens (including phenoxy) is 2. The number of nitrogens with zero attached hydrogens (tertiary/aromatic N) is 1. The van der Waals surface area contributed by atoms with Crippen molar-refractivity contribution in [2.45, 2.75) is 32.8 Å². The quantitative estimate of drug-likeness (QED) is 0.875. The molecule has 2 rings (SSSR count). The average molecular weight is 320 g/mol. The summed E-state index contributed by atoms with van der Waals surface area (Å²) < 4.78 is 10.4. The van der Waals surface area contributed by atoms with E-state index in [0.717, 1.165) is 19.4 Å². The number of carbonyl (C=O) groups is 2. The Labute approximate surface area is 136 Å². The summed E-state index contributed by atoms with van der Waals surface area (Å²) in [5.74, 6) is -0.0597. The van der Waals surface area contributed by atoms with Gasteiger partial charge in [-0.15, -0.1) is 0 Å². The van der Waals surface area contributed by atoms with Crippen molar-refractivity contribution in [2.24, 2.45) is 0 Å². The summed E-state index contributed by atoms with van der Waals surface area (Å²) in [5.41, 5.74) is 1.08. The van der Waals surface area contributed by atoms with Crippen molar-refractivity contribution in [1.82, 2.24) is 4.90 Å². The average Bonchev–Trinajstić information content (AvgIpc) is 3.05. The molecule has 1 saturated heterocycles. The summed E-state index contributed by atoms with van der Waals surface area (Å²) >= 11 is 0. The lowest BCUT2D eigenvalue weighted by molar-refractivity contribution is 0.0539. The summed E-state index contributed by atoms with van der Waals surface area (Å²) in [7, 11) is 0. The first-order valence-corrected chi connectivity index (χ1v) is 8.08. The molecular weight excluding hydrogens is 296 g/mol. The molecular formula is C17H24N2O4. The smallest absolute Gasteiger partial charge is 0.411 e. The third-order valence-electron chi connectivity index (χ3n) is 3.75. The van der Waals surface area contributed by atoms with Crippen LogP contribution < -0.4 is 5.32 Å². The van der Waals surface area contributed by atoms with Gasteiger partial charge in [0.05, 0.1) is 12.7 Å². The van der Waals surface area contributed by atoms with Gasteiger partial charge in [0.2, 0.25) is 0 Å². The lowest BCUT2D eigenvalue weighted by Gasteiger charge is -2.24. The zero-order valence-electron chi connectivity index (χ0n) is 13.7. The van der Waals surface area contributed by atoms with Crippen LogP contribution in [-0.2, 0) is 9.47 Å². The summed E-state index contributed by atoms with van der Waals surface area (Å²) in [5, 5.41) is 2.61. The molecule has 6 heteroatoms. The van der Waals surface area contributed by atoms with Crippen molar-refractivity contribution in [2.75, 3.05) is 31.6 Å². The Balaban J connectivity index is 2.03. The molecule has 0 unspecified atom stereocenters. The standard InChI is InChI=1S/C17H24N2O4/c1-3-19(12-15-9-6-10-23-15)16(20)13-7-5-8-14(11-13)18-17(21)22-4-2/h5,7-8,11,15H,3-4,6,9-10,12H2,1-2H3,(H,18,21)/t15-/m1/s1. The monoisotopic (exact) mass is 320 g/mol. The van der Waals surface area contributed by atoms with Gasteiger partial charge < -0.3 is 14.4 Å². The highest BCUT2D eigenvalue weighted by Crippen LogP contribution is 2.17. The molecule has 1 aromatic rings. The van der Waals surface area contributed by atoms with Gasteiger partial charge >= 0.3 is 6.09 Å². The van der Waals surface area contributed by atoms with Crippen LogP contribution in [0.3, 0.4) is 0 Å². The van der Waals surface area contributed by atoms with Gasteiger partial charge in [-0.05, 0) is 44.9 Å². The number of carbonyl (C=O) groups excluding carboxylic acids is 2. The van der Waals surface area contributed by atoms with Crippen LogP contribution in [-0.4, -0.2) is 49.3 Å². The van der Waals surface area contributed by atoms with E-state index in [-0.39, 0.29) is 12.0 Å². The third kappa shape index (κ3) is 4.96. The van der Waals surface area contributed by atoms with Crippen molar-refractivity contribution in [3.63, 3.8) is 0 Å². The molecule has 0 spiro atoms. The van der Waals surface area contributed by atoms with E-state index in [1.165, 1.54) is 0 Å². The molecule has 6 nitrogen and oxygen atoms in total. The molecule has 1 aliphatic rings. The number of rotatable bonds is 6. The molecule has 0 bridgehead atoms. The second kappa shape index (κ2) is 8.53. The first-order valence-electron chi connectivity index (χ1n) is 8.08. The maximum Gasteiger partial charge on any atom is 0.411 e. The van der Waals surface area contributed by atoms with Crippen molar-refractivity contribution in [3.05, 3.63) is 29.8 Å². The summed E-state index contributed by atoms with van der Waals surface area (Å²) in [6.07, 6.45) is 1.65. The largest absolute Gasteiger partial charge is 0.450 e. The first-order chi connectivity index (χ1) is 11.1. The van der Waals surface area contributed by atoms with Crippen molar-refractivity contribution in [3.8, 4) is 0 Å². The van der Waals surface area contributed by atoms with Gasteiger partial charge in [-0.3, -0.25) is 10.1 Å². The van der Waals surface area contributed by atoms with Crippen LogP contribution in [0.4, 0.5) is 10.5 Å². The van der Waals surface area contributed by atoms with Crippen LogP contribution in [0.2, 0.25) is 0 Å². The summed E-state index contributed by atoms with van der Waals surface area (Å²) in [4.78, 5) is 25.9. The Hall–Kier alpha value is -2.08. The van der Waals surface area contributed by atoms with E-state index in [9.17, 15) is 9.59 Å². The fourth-order valence-corrected chi connectivity index (χ4v) is 2.59. The molecule has 1 aliphatic heterocycles. The van der Waals surface area contributed by atoms with Gasteiger partial charge in [0, 0.05) is 30.9 Å². The van der Waals surface area contributed by atoms with E-state index in [1.807, 2.05) is 6.92 Å². The Morgan fingerprint density at radius 3 is 2.87 bits per heavy atom. The Kier molecular flexibility index (Phi) is 6.40. The van der Waals surface area contributed by atoms with Crippen LogP contribution in [0, 0.1) is 0 Å². The van der Waals surface area contributed by atoms with Crippen LogP contribution >= 0.6 is 0 Å². The van der Waals surface area contributed by atoms with Crippen LogP contribution in [0.25, 0.3) is 0 Å². The van der Waals surface area contributed by atoms with Crippen LogP contribution in [0.1, 0.15) is 37.0 Å². The zero-order valence-corrected chi connectivity index (χ0v) is 13.7. The number of nitrogens with one attached hydrogen (secondary N) is 1. The Bertz CT molecular complexity index is 541. The molecule has 1 atom stereocenters. The van der Waals surface area contributed by atoms with Gasteiger partial charge in [-0.2, -0.15) is 0 Å². The van der Waals surface area contributed by atoms with E-state index in [0.29, 0.717) is 30.9 Å². The normalized spacial score (nSPS) is 16.9. The third-order valence-corrected chi connectivity index (χ3v) is 3.75. The highest BCUT2D eigenvalue weighted by Gasteiger charge is 2.22. The number of anilines is 1. The van der Waals surface area contributed by atoms with Crippen molar-refractivity contribution < 1.29 is 19.1 Å². The van der Waals surface area contributed by atoms with E-state index >= 15 is 0 Å². The maximum absolute atomic E-state index is 12.7. The van der Waals surface area contributed by atoms with E-state index < -0.39 is 6.09 Å². The van der Waals surface area contributed by atoms with Crippen LogP contribution in [0.15, 0.2) is 24.3 Å².